The van der Waals surface area contributed by atoms with Gasteiger partial charge in [-0.15, -0.1) is 0 Å². The first-order valence-corrected chi connectivity index (χ1v) is 7.12. The van der Waals surface area contributed by atoms with Crippen LogP contribution in [-0.2, 0) is 0 Å². The molecule has 1 heterocycles. The summed E-state index contributed by atoms with van der Waals surface area (Å²) in [5.74, 6) is 1.98. The molecule has 1 aliphatic heterocycles. The summed E-state index contributed by atoms with van der Waals surface area (Å²) in [6.45, 7) is 11.4. The Morgan fingerprint density at radius 3 is 2.25 bits per heavy atom. The maximum Gasteiger partial charge on any atom is 0.00674 e. The molecular formula is C14H30N2. The molecular weight excluding hydrogens is 196 g/mol. The maximum absolute atomic E-state index is 3.44. The van der Waals surface area contributed by atoms with E-state index in [1.165, 1.54) is 32.4 Å². The Labute approximate surface area is 102 Å². The molecule has 0 radical (unpaired) electrons. The van der Waals surface area contributed by atoms with Crippen molar-refractivity contribution < 1.29 is 0 Å². The standard InChI is InChI=1S/C12H24N2.C2H6/c1-9(2)14-7-10-4-5-12(13-3)6-11(10)8-14;1-2/h9-13H,4-8H2,1-3H3;1-2H3. The van der Waals surface area contributed by atoms with E-state index in [4.69, 9.17) is 0 Å². The van der Waals surface area contributed by atoms with Gasteiger partial charge in [-0.25, -0.2) is 0 Å². The summed E-state index contributed by atoms with van der Waals surface area (Å²) in [6, 6.07) is 1.54. The van der Waals surface area contributed by atoms with Crippen molar-refractivity contribution >= 4 is 0 Å². The minimum Gasteiger partial charge on any atom is -0.317 e. The van der Waals surface area contributed by atoms with Gasteiger partial charge in [-0.3, -0.25) is 0 Å². The van der Waals surface area contributed by atoms with Gasteiger partial charge in [0.05, 0.1) is 0 Å². The second kappa shape index (κ2) is 6.61. The summed E-state index contributed by atoms with van der Waals surface area (Å²) >= 11 is 0. The zero-order valence-electron chi connectivity index (χ0n) is 11.8. The van der Waals surface area contributed by atoms with E-state index in [2.05, 4.69) is 31.1 Å². The molecule has 0 aromatic rings. The largest absolute Gasteiger partial charge is 0.317 e. The fourth-order valence-electron chi connectivity index (χ4n) is 3.15. The Morgan fingerprint density at radius 1 is 1.06 bits per heavy atom. The summed E-state index contributed by atoms with van der Waals surface area (Å²) in [6.07, 6.45) is 4.24. The molecule has 2 nitrogen and oxygen atoms in total. The summed E-state index contributed by atoms with van der Waals surface area (Å²) in [5, 5.41) is 3.44. The second-order valence-electron chi connectivity index (χ2n) is 5.37. The molecule has 2 heteroatoms. The number of nitrogens with one attached hydrogen (secondary N) is 1. The molecule has 16 heavy (non-hydrogen) atoms. The fourth-order valence-corrected chi connectivity index (χ4v) is 3.15. The van der Waals surface area contributed by atoms with Crippen LogP contribution in [0.2, 0.25) is 0 Å². The van der Waals surface area contributed by atoms with Crippen LogP contribution in [-0.4, -0.2) is 37.1 Å². The summed E-state index contributed by atoms with van der Waals surface area (Å²) < 4.78 is 0. The summed E-state index contributed by atoms with van der Waals surface area (Å²) in [7, 11) is 2.11. The van der Waals surface area contributed by atoms with Gasteiger partial charge in [0.1, 0.15) is 0 Å². The van der Waals surface area contributed by atoms with E-state index in [0.717, 1.165) is 23.9 Å². The van der Waals surface area contributed by atoms with E-state index in [1.807, 2.05) is 13.8 Å². The highest BCUT2D eigenvalue weighted by molar-refractivity contribution is 4.91. The van der Waals surface area contributed by atoms with E-state index in [1.54, 1.807) is 0 Å². The lowest BCUT2D eigenvalue weighted by molar-refractivity contribution is 0.250. The van der Waals surface area contributed by atoms with Gasteiger partial charge in [-0.2, -0.15) is 0 Å². The molecule has 96 valence electrons. The Kier molecular flexibility index (Phi) is 5.77. The zero-order valence-corrected chi connectivity index (χ0v) is 11.8. The lowest BCUT2D eigenvalue weighted by Crippen LogP contribution is -2.35. The average Bonchev–Trinajstić information content (AvgIpc) is 2.74. The Bertz CT molecular complexity index is 191. The monoisotopic (exact) mass is 226 g/mol. The lowest BCUT2D eigenvalue weighted by Gasteiger charge is -2.30. The van der Waals surface area contributed by atoms with Crippen LogP contribution in [0.3, 0.4) is 0 Å². The van der Waals surface area contributed by atoms with E-state index in [0.29, 0.717) is 0 Å². The third-order valence-electron chi connectivity index (χ3n) is 4.22. The van der Waals surface area contributed by atoms with Crippen molar-refractivity contribution in [2.75, 3.05) is 20.1 Å². The van der Waals surface area contributed by atoms with Crippen LogP contribution in [0.15, 0.2) is 0 Å². The van der Waals surface area contributed by atoms with Crippen LogP contribution in [0.5, 0.6) is 0 Å². The molecule has 1 aliphatic carbocycles. The second-order valence-corrected chi connectivity index (χ2v) is 5.37. The van der Waals surface area contributed by atoms with E-state index in [-0.39, 0.29) is 0 Å². The third-order valence-corrected chi connectivity index (χ3v) is 4.22. The number of rotatable bonds is 2. The predicted octanol–water partition coefficient (Wildman–Crippen LogP) is 2.74. The van der Waals surface area contributed by atoms with Crippen LogP contribution >= 0.6 is 0 Å². The van der Waals surface area contributed by atoms with Crippen LogP contribution in [0.4, 0.5) is 0 Å². The topological polar surface area (TPSA) is 15.3 Å². The molecule has 1 N–H and O–H groups in total. The van der Waals surface area contributed by atoms with Gasteiger partial charge < -0.3 is 10.2 Å². The predicted molar refractivity (Wildman–Crippen MR) is 71.7 cm³/mol. The minimum atomic E-state index is 0.744. The van der Waals surface area contributed by atoms with Gasteiger partial charge >= 0.3 is 0 Å². The van der Waals surface area contributed by atoms with Crippen LogP contribution in [0.25, 0.3) is 0 Å². The summed E-state index contributed by atoms with van der Waals surface area (Å²) in [4.78, 5) is 2.66. The molecule has 0 aromatic heterocycles. The van der Waals surface area contributed by atoms with Crippen molar-refractivity contribution in [2.24, 2.45) is 11.8 Å². The van der Waals surface area contributed by atoms with E-state index in [9.17, 15) is 0 Å². The molecule has 1 saturated heterocycles. The highest BCUT2D eigenvalue weighted by Gasteiger charge is 2.37. The minimum absolute atomic E-state index is 0.744. The Hall–Kier alpha value is -0.0800. The van der Waals surface area contributed by atoms with Gasteiger partial charge in [-0.05, 0) is 52.0 Å². The van der Waals surface area contributed by atoms with Gasteiger partial charge in [0.25, 0.3) is 0 Å². The first-order valence-electron chi connectivity index (χ1n) is 7.12. The highest BCUT2D eigenvalue weighted by atomic mass is 15.2. The van der Waals surface area contributed by atoms with Gasteiger partial charge in [-0.1, -0.05) is 13.8 Å². The van der Waals surface area contributed by atoms with Gasteiger partial charge in [0.2, 0.25) is 0 Å². The molecule has 2 aliphatic rings. The molecule has 3 unspecified atom stereocenters. The normalized spacial score (nSPS) is 34.5. The summed E-state index contributed by atoms with van der Waals surface area (Å²) in [5.41, 5.74) is 0. The molecule has 2 fully saturated rings. The van der Waals surface area contributed by atoms with Crippen molar-refractivity contribution in [3.63, 3.8) is 0 Å². The molecule has 1 saturated carbocycles. The van der Waals surface area contributed by atoms with Gasteiger partial charge in [0.15, 0.2) is 0 Å². The molecule has 0 aromatic carbocycles. The Balaban J connectivity index is 0.000000606. The molecule has 2 rings (SSSR count). The lowest BCUT2D eigenvalue weighted by atomic mass is 9.79. The van der Waals surface area contributed by atoms with Crippen molar-refractivity contribution in [1.82, 2.24) is 10.2 Å². The van der Waals surface area contributed by atoms with Gasteiger partial charge in [0, 0.05) is 25.2 Å². The first kappa shape index (κ1) is 14.0. The smallest absolute Gasteiger partial charge is 0.00674 e. The third kappa shape index (κ3) is 3.21. The van der Waals surface area contributed by atoms with Crippen LogP contribution in [0, 0.1) is 11.8 Å². The van der Waals surface area contributed by atoms with E-state index >= 15 is 0 Å². The molecule has 0 amide bonds. The molecule has 3 atom stereocenters. The van der Waals surface area contributed by atoms with Crippen molar-refractivity contribution in [3.05, 3.63) is 0 Å². The van der Waals surface area contributed by atoms with Crippen molar-refractivity contribution in [3.8, 4) is 0 Å². The number of hydrogen-bond donors (Lipinski definition) is 1. The van der Waals surface area contributed by atoms with Crippen LogP contribution in [0.1, 0.15) is 47.0 Å². The highest BCUT2D eigenvalue weighted by Crippen LogP contribution is 2.36. The van der Waals surface area contributed by atoms with Crippen molar-refractivity contribution in [2.45, 2.75) is 59.0 Å². The van der Waals surface area contributed by atoms with Crippen molar-refractivity contribution in [1.29, 1.82) is 0 Å². The maximum atomic E-state index is 3.44. The molecule has 0 spiro atoms. The number of fused-ring (bicyclic) bond motifs is 1. The van der Waals surface area contributed by atoms with E-state index < -0.39 is 0 Å². The molecule has 0 bridgehead atoms. The number of nitrogens with zero attached hydrogens (tertiary/aromatic N) is 1. The van der Waals surface area contributed by atoms with Crippen LogP contribution < -0.4 is 5.32 Å². The average molecular weight is 226 g/mol. The quantitative estimate of drug-likeness (QED) is 0.779. The Morgan fingerprint density at radius 2 is 1.69 bits per heavy atom. The first-order chi connectivity index (χ1) is 7.70. The zero-order chi connectivity index (χ0) is 12.1. The number of likely N-dealkylation sites (tertiary alicyclic amines) is 1. The number of hydrogen-bond acceptors (Lipinski definition) is 2. The SMILES string of the molecule is CC.CNC1CCC2CN(C(C)C)CC2C1. The fraction of sp³-hybridized carbons (Fsp3) is 1.00.